The number of rotatable bonds is 6. The number of carbonyl (C=O) groups excluding carboxylic acids is 4. The largest absolute Gasteiger partial charge is 0.504 e. The highest BCUT2D eigenvalue weighted by Crippen LogP contribution is 2.32. The molecule has 1 aliphatic heterocycles. The summed E-state index contributed by atoms with van der Waals surface area (Å²) >= 11 is 0.637. The number of likely N-dealkylation sites (N-methyl/N-ethyl adjacent to an activating group) is 1. The molecule has 8 nitrogen and oxygen atoms in total. The van der Waals surface area contributed by atoms with Crippen LogP contribution in [0.5, 0.6) is 11.5 Å². The van der Waals surface area contributed by atoms with E-state index in [1.807, 2.05) is 0 Å². The van der Waals surface area contributed by atoms with Crippen molar-refractivity contribution in [2.24, 2.45) is 0 Å². The number of hydrogen-bond donors (Lipinski definition) is 2. The predicted molar refractivity (Wildman–Crippen MR) is 111 cm³/mol. The first-order chi connectivity index (χ1) is 14.7. The standard InChI is InChI=1S/C21H17FN2O6S/c1-23(10-17(27)13-5-6-15(25)16(26)9-13)19(28)11-24-20(29)18(31-21(24)30)8-12-3-2-4-14(22)7-12/h2-9,25-26H,10-11H2,1H3. The fourth-order valence-electron chi connectivity index (χ4n) is 2.73. The lowest BCUT2D eigenvalue weighted by molar-refractivity contribution is -0.134. The number of thioether (sulfide) groups is 1. The molecule has 3 amide bonds. The van der Waals surface area contributed by atoms with Gasteiger partial charge in [-0.1, -0.05) is 12.1 Å². The molecule has 0 spiro atoms. The maximum Gasteiger partial charge on any atom is 0.294 e. The molecule has 2 aromatic carbocycles. The average Bonchev–Trinajstić information content (AvgIpc) is 2.97. The fourth-order valence-corrected chi connectivity index (χ4v) is 3.57. The summed E-state index contributed by atoms with van der Waals surface area (Å²) in [4.78, 5) is 51.3. The van der Waals surface area contributed by atoms with Crippen molar-refractivity contribution in [2.45, 2.75) is 0 Å². The number of benzene rings is 2. The number of phenolic OH excluding ortho intramolecular Hbond substituents is 2. The molecule has 2 N–H and O–H groups in total. The normalized spacial score (nSPS) is 14.9. The van der Waals surface area contributed by atoms with Gasteiger partial charge in [-0.2, -0.15) is 0 Å². The third kappa shape index (κ3) is 5.10. The third-order valence-corrected chi connectivity index (χ3v) is 5.32. The zero-order valence-corrected chi connectivity index (χ0v) is 17.1. The summed E-state index contributed by atoms with van der Waals surface area (Å²) in [6, 6.07) is 9.01. The average molecular weight is 444 g/mol. The van der Waals surface area contributed by atoms with E-state index in [0.717, 1.165) is 21.9 Å². The Balaban J connectivity index is 1.65. The summed E-state index contributed by atoms with van der Waals surface area (Å²) in [6.07, 6.45) is 1.36. The Morgan fingerprint density at radius 1 is 1.13 bits per heavy atom. The topological polar surface area (TPSA) is 115 Å². The summed E-state index contributed by atoms with van der Waals surface area (Å²) in [5.41, 5.74) is 0.482. The second-order valence-electron chi connectivity index (χ2n) is 6.70. The van der Waals surface area contributed by atoms with Gasteiger partial charge in [0.1, 0.15) is 12.4 Å². The highest BCUT2D eigenvalue weighted by molar-refractivity contribution is 8.18. The van der Waals surface area contributed by atoms with Crippen LogP contribution >= 0.6 is 11.8 Å². The van der Waals surface area contributed by atoms with Crippen LogP contribution in [0.3, 0.4) is 0 Å². The van der Waals surface area contributed by atoms with Crippen LogP contribution in [0.2, 0.25) is 0 Å². The molecule has 0 bridgehead atoms. The first-order valence-corrected chi connectivity index (χ1v) is 9.77. The van der Waals surface area contributed by atoms with E-state index in [1.54, 1.807) is 6.07 Å². The van der Waals surface area contributed by atoms with Crippen LogP contribution in [-0.4, -0.2) is 63.0 Å². The monoisotopic (exact) mass is 444 g/mol. The van der Waals surface area contributed by atoms with Crippen molar-refractivity contribution in [1.82, 2.24) is 9.80 Å². The molecule has 3 rings (SSSR count). The molecule has 1 fully saturated rings. The van der Waals surface area contributed by atoms with Crippen molar-refractivity contribution >= 4 is 40.7 Å². The van der Waals surface area contributed by atoms with E-state index in [2.05, 4.69) is 0 Å². The molecule has 0 unspecified atom stereocenters. The highest BCUT2D eigenvalue weighted by atomic mass is 32.2. The second-order valence-corrected chi connectivity index (χ2v) is 7.69. The number of Topliss-reactive ketones (excluding diaryl/α,β-unsaturated/α-hetero) is 1. The van der Waals surface area contributed by atoms with Crippen molar-refractivity contribution in [2.75, 3.05) is 20.1 Å². The van der Waals surface area contributed by atoms with Gasteiger partial charge in [-0.3, -0.25) is 24.1 Å². The lowest BCUT2D eigenvalue weighted by atomic mass is 10.1. The van der Waals surface area contributed by atoms with Crippen LogP contribution in [0.25, 0.3) is 6.08 Å². The Kier molecular flexibility index (Phi) is 6.40. The van der Waals surface area contributed by atoms with E-state index in [9.17, 15) is 33.8 Å². The van der Waals surface area contributed by atoms with Gasteiger partial charge in [0.05, 0.1) is 11.4 Å². The lowest BCUT2D eigenvalue weighted by Crippen LogP contribution is -2.42. The van der Waals surface area contributed by atoms with Gasteiger partial charge in [-0.25, -0.2) is 4.39 Å². The van der Waals surface area contributed by atoms with Crippen molar-refractivity contribution < 1.29 is 33.8 Å². The number of ketones is 1. The quantitative estimate of drug-likeness (QED) is 0.400. The molecule has 0 saturated carbocycles. The van der Waals surface area contributed by atoms with Crippen LogP contribution in [0.4, 0.5) is 9.18 Å². The number of hydrogen-bond acceptors (Lipinski definition) is 7. The van der Waals surface area contributed by atoms with Crippen molar-refractivity contribution in [3.05, 3.63) is 64.3 Å². The van der Waals surface area contributed by atoms with Gasteiger partial charge in [-0.15, -0.1) is 0 Å². The van der Waals surface area contributed by atoms with Crippen molar-refractivity contribution in [3.8, 4) is 11.5 Å². The summed E-state index contributed by atoms with van der Waals surface area (Å²) in [6.45, 7) is -0.922. The fraction of sp³-hybridized carbons (Fsp3) is 0.143. The SMILES string of the molecule is CN(CC(=O)c1ccc(O)c(O)c1)C(=O)CN1C(=O)SC(=Cc2cccc(F)c2)C1=O. The molecule has 0 aromatic heterocycles. The van der Waals surface area contributed by atoms with Gasteiger partial charge in [0.25, 0.3) is 11.1 Å². The van der Waals surface area contributed by atoms with Gasteiger partial charge < -0.3 is 15.1 Å². The molecule has 31 heavy (non-hydrogen) atoms. The molecule has 1 saturated heterocycles. The molecule has 1 aliphatic rings. The minimum absolute atomic E-state index is 0.0571. The van der Waals surface area contributed by atoms with E-state index >= 15 is 0 Å². The van der Waals surface area contributed by atoms with E-state index in [4.69, 9.17) is 0 Å². The molecule has 160 valence electrons. The molecule has 0 radical (unpaired) electrons. The highest BCUT2D eigenvalue weighted by Gasteiger charge is 2.37. The van der Waals surface area contributed by atoms with E-state index in [0.29, 0.717) is 17.3 Å². The number of amides is 3. The Hall–Kier alpha value is -3.66. The molecule has 2 aromatic rings. The van der Waals surface area contributed by atoms with Crippen LogP contribution in [0.1, 0.15) is 15.9 Å². The number of imide groups is 1. The molecule has 0 atom stereocenters. The third-order valence-electron chi connectivity index (χ3n) is 4.42. The Labute approximate surface area is 180 Å². The van der Waals surface area contributed by atoms with Gasteiger partial charge in [0.2, 0.25) is 5.91 Å². The van der Waals surface area contributed by atoms with Crippen LogP contribution in [-0.2, 0) is 9.59 Å². The van der Waals surface area contributed by atoms with Gasteiger partial charge in [-0.05, 0) is 53.7 Å². The maximum atomic E-state index is 13.3. The van der Waals surface area contributed by atoms with E-state index < -0.39 is 40.9 Å². The summed E-state index contributed by atoms with van der Waals surface area (Å²) in [5, 5.41) is 18.2. The maximum absolute atomic E-state index is 13.3. The smallest absolute Gasteiger partial charge is 0.294 e. The van der Waals surface area contributed by atoms with Gasteiger partial charge in [0, 0.05) is 12.6 Å². The second kappa shape index (κ2) is 9.00. The summed E-state index contributed by atoms with van der Waals surface area (Å²) in [7, 11) is 1.34. The van der Waals surface area contributed by atoms with E-state index in [1.165, 1.54) is 37.4 Å². The first-order valence-electron chi connectivity index (χ1n) is 8.96. The molecule has 0 aliphatic carbocycles. The Bertz CT molecular complexity index is 1120. The Morgan fingerprint density at radius 3 is 2.55 bits per heavy atom. The molecular formula is C21H17FN2O6S. The minimum atomic E-state index is -0.684. The summed E-state index contributed by atoms with van der Waals surface area (Å²) < 4.78 is 13.3. The Morgan fingerprint density at radius 2 is 1.87 bits per heavy atom. The molecular weight excluding hydrogens is 427 g/mol. The first kappa shape index (κ1) is 22.0. The van der Waals surface area contributed by atoms with Gasteiger partial charge >= 0.3 is 0 Å². The van der Waals surface area contributed by atoms with Crippen LogP contribution in [0, 0.1) is 5.82 Å². The van der Waals surface area contributed by atoms with E-state index in [-0.39, 0.29) is 22.8 Å². The number of halogens is 1. The molecule has 1 heterocycles. The zero-order valence-electron chi connectivity index (χ0n) is 16.2. The van der Waals surface area contributed by atoms with Crippen molar-refractivity contribution in [1.29, 1.82) is 0 Å². The lowest BCUT2D eigenvalue weighted by Gasteiger charge is -2.19. The predicted octanol–water partition coefficient (Wildman–Crippen LogP) is 2.61. The van der Waals surface area contributed by atoms with Crippen LogP contribution < -0.4 is 0 Å². The van der Waals surface area contributed by atoms with Crippen molar-refractivity contribution in [3.63, 3.8) is 0 Å². The number of aromatic hydroxyl groups is 2. The minimum Gasteiger partial charge on any atom is -0.504 e. The zero-order chi connectivity index (χ0) is 22.7. The molecule has 10 heteroatoms. The number of phenols is 2. The summed E-state index contributed by atoms with van der Waals surface area (Å²) in [5.74, 6) is -3.18. The van der Waals surface area contributed by atoms with Gasteiger partial charge in [0.15, 0.2) is 17.3 Å². The number of carbonyl (C=O) groups is 4. The number of nitrogens with zero attached hydrogens (tertiary/aromatic N) is 2. The van der Waals surface area contributed by atoms with Crippen LogP contribution in [0.15, 0.2) is 47.4 Å².